The van der Waals surface area contributed by atoms with Gasteiger partial charge in [0.05, 0.1) is 5.60 Å². The molecule has 0 aromatic heterocycles. The molecule has 2 nitrogen and oxygen atoms in total. The molecule has 17 heavy (non-hydrogen) atoms. The van der Waals surface area contributed by atoms with Crippen LogP contribution >= 0.6 is 0 Å². The second-order valence-electron chi connectivity index (χ2n) is 4.84. The lowest BCUT2D eigenvalue weighted by Crippen LogP contribution is -2.36. The summed E-state index contributed by atoms with van der Waals surface area (Å²) in [4.78, 5) is 1.63. The van der Waals surface area contributed by atoms with Gasteiger partial charge in [-0.05, 0) is 27.0 Å². The van der Waals surface area contributed by atoms with E-state index in [1.165, 1.54) is 0 Å². The van der Waals surface area contributed by atoms with Crippen molar-refractivity contribution in [1.29, 1.82) is 0 Å². The van der Waals surface area contributed by atoms with Crippen LogP contribution < -0.4 is 0 Å². The van der Waals surface area contributed by atoms with Crippen molar-refractivity contribution < 1.29 is 18.3 Å². The first-order valence-electron chi connectivity index (χ1n) is 5.23. The van der Waals surface area contributed by atoms with E-state index in [1.54, 1.807) is 25.8 Å². The van der Waals surface area contributed by atoms with Gasteiger partial charge in [-0.2, -0.15) is 0 Å². The Morgan fingerprint density at radius 3 is 2.18 bits per heavy atom. The van der Waals surface area contributed by atoms with E-state index in [4.69, 9.17) is 0 Å². The van der Waals surface area contributed by atoms with Crippen molar-refractivity contribution in [2.75, 3.05) is 13.6 Å². The molecule has 1 aromatic carbocycles. The fraction of sp³-hybridized carbons (Fsp3) is 0.500. The van der Waals surface area contributed by atoms with E-state index in [0.29, 0.717) is 12.6 Å². The van der Waals surface area contributed by atoms with Gasteiger partial charge in [-0.15, -0.1) is 0 Å². The molecular weight excluding hydrogens is 231 g/mol. The van der Waals surface area contributed by atoms with Crippen LogP contribution in [0.25, 0.3) is 0 Å². The lowest BCUT2D eigenvalue weighted by molar-refractivity contribution is 0.0421. The minimum atomic E-state index is -1.20. The summed E-state index contributed by atoms with van der Waals surface area (Å²) in [6.45, 7) is 3.63. The van der Waals surface area contributed by atoms with Gasteiger partial charge in [0.25, 0.3) is 0 Å². The number of benzene rings is 1. The van der Waals surface area contributed by atoms with Gasteiger partial charge in [0, 0.05) is 24.7 Å². The van der Waals surface area contributed by atoms with E-state index >= 15 is 0 Å². The summed E-state index contributed by atoms with van der Waals surface area (Å²) in [5.74, 6) is -3.05. The lowest BCUT2D eigenvalue weighted by Gasteiger charge is -2.25. The molecule has 0 aliphatic carbocycles. The van der Waals surface area contributed by atoms with Gasteiger partial charge in [0.15, 0.2) is 11.6 Å². The molecule has 1 rings (SSSR count). The number of nitrogens with zero attached hydrogens (tertiary/aromatic N) is 1. The van der Waals surface area contributed by atoms with Crippen molar-refractivity contribution in [2.45, 2.75) is 26.0 Å². The number of hydrogen-bond donors (Lipinski definition) is 1. The molecule has 0 fully saturated rings. The van der Waals surface area contributed by atoms with Crippen molar-refractivity contribution >= 4 is 0 Å². The summed E-state index contributed by atoms with van der Waals surface area (Å²) in [5, 5.41) is 9.56. The van der Waals surface area contributed by atoms with Crippen LogP contribution in [0.5, 0.6) is 0 Å². The van der Waals surface area contributed by atoms with Gasteiger partial charge in [-0.3, -0.25) is 4.90 Å². The van der Waals surface area contributed by atoms with Crippen LogP contribution in [-0.2, 0) is 6.54 Å². The molecule has 0 amide bonds. The maximum absolute atomic E-state index is 13.3. The third-order valence-corrected chi connectivity index (χ3v) is 2.19. The summed E-state index contributed by atoms with van der Waals surface area (Å²) in [6.07, 6.45) is 0. The predicted molar refractivity (Wildman–Crippen MR) is 58.9 cm³/mol. The van der Waals surface area contributed by atoms with Crippen LogP contribution in [0, 0.1) is 17.5 Å². The Morgan fingerprint density at radius 1 is 1.12 bits per heavy atom. The number of hydrogen-bond acceptors (Lipinski definition) is 2. The monoisotopic (exact) mass is 247 g/mol. The van der Waals surface area contributed by atoms with E-state index in [1.807, 2.05) is 0 Å². The van der Waals surface area contributed by atoms with Gasteiger partial charge in [0.2, 0.25) is 0 Å². The molecule has 1 aromatic rings. The summed E-state index contributed by atoms with van der Waals surface area (Å²) >= 11 is 0. The van der Waals surface area contributed by atoms with E-state index in [0.717, 1.165) is 6.07 Å². The Balaban J connectivity index is 2.78. The predicted octanol–water partition coefficient (Wildman–Crippen LogP) is 2.31. The molecule has 0 unspecified atom stereocenters. The maximum Gasteiger partial charge on any atom is 0.161 e. The Labute approximate surface area is 98.7 Å². The summed E-state index contributed by atoms with van der Waals surface area (Å²) in [7, 11) is 1.67. The van der Waals surface area contributed by atoms with Crippen LogP contribution in [0.4, 0.5) is 13.2 Å². The lowest BCUT2D eigenvalue weighted by atomic mass is 10.1. The Morgan fingerprint density at radius 2 is 1.65 bits per heavy atom. The van der Waals surface area contributed by atoms with Crippen LogP contribution in [-0.4, -0.2) is 29.2 Å². The molecule has 0 aliphatic rings. The summed E-state index contributed by atoms with van der Waals surface area (Å²) < 4.78 is 39.0. The molecule has 0 atom stereocenters. The fourth-order valence-corrected chi connectivity index (χ4v) is 1.69. The smallest absolute Gasteiger partial charge is 0.161 e. The third kappa shape index (κ3) is 4.36. The van der Waals surface area contributed by atoms with Gasteiger partial charge in [-0.25, -0.2) is 13.2 Å². The minimum absolute atomic E-state index is 0.0654. The first-order chi connectivity index (χ1) is 7.69. The van der Waals surface area contributed by atoms with Gasteiger partial charge >= 0.3 is 0 Å². The average Bonchev–Trinajstić information content (AvgIpc) is 2.11. The molecule has 0 heterocycles. The third-order valence-electron chi connectivity index (χ3n) is 2.19. The molecule has 0 aliphatic heterocycles. The van der Waals surface area contributed by atoms with Crippen LogP contribution in [0.3, 0.4) is 0 Å². The zero-order chi connectivity index (χ0) is 13.2. The number of halogens is 3. The van der Waals surface area contributed by atoms with Gasteiger partial charge in [-0.1, -0.05) is 0 Å². The van der Waals surface area contributed by atoms with Crippen molar-refractivity contribution in [3.05, 3.63) is 35.1 Å². The normalized spacial score (nSPS) is 12.2. The topological polar surface area (TPSA) is 23.5 Å². The molecule has 0 spiro atoms. The molecule has 96 valence electrons. The van der Waals surface area contributed by atoms with E-state index in [2.05, 4.69) is 0 Å². The van der Waals surface area contributed by atoms with Gasteiger partial charge in [0.1, 0.15) is 5.82 Å². The Hall–Kier alpha value is -1.07. The molecule has 0 saturated carbocycles. The molecule has 0 radical (unpaired) electrons. The van der Waals surface area contributed by atoms with E-state index < -0.39 is 23.1 Å². The summed E-state index contributed by atoms with van der Waals surface area (Å²) in [5.41, 5.74) is -0.861. The molecular formula is C12H16F3NO. The molecule has 0 saturated heterocycles. The quantitative estimate of drug-likeness (QED) is 0.825. The number of likely N-dealkylation sites (N-methyl/N-ethyl adjacent to an activating group) is 1. The molecule has 1 N–H and O–H groups in total. The SMILES string of the molecule is CN(Cc1cc(F)c(F)cc1F)CC(C)(C)O. The fourth-order valence-electron chi connectivity index (χ4n) is 1.69. The number of aliphatic hydroxyl groups is 1. The standard InChI is InChI=1S/C12H16F3NO/c1-12(2,17)7-16(3)6-8-4-10(14)11(15)5-9(8)13/h4-5,17H,6-7H2,1-3H3. The average molecular weight is 247 g/mol. The summed E-state index contributed by atoms with van der Waals surface area (Å²) in [6, 6.07) is 1.37. The first kappa shape index (κ1) is 14.0. The van der Waals surface area contributed by atoms with Gasteiger partial charge < -0.3 is 5.11 Å². The second kappa shape index (κ2) is 5.06. The second-order valence-corrected chi connectivity index (χ2v) is 4.84. The maximum atomic E-state index is 13.3. The largest absolute Gasteiger partial charge is 0.389 e. The van der Waals surface area contributed by atoms with Crippen LogP contribution in [0.2, 0.25) is 0 Å². The zero-order valence-corrected chi connectivity index (χ0v) is 10.1. The van der Waals surface area contributed by atoms with Crippen LogP contribution in [0.15, 0.2) is 12.1 Å². The Kier molecular flexibility index (Phi) is 4.16. The minimum Gasteiger partial charge on any atom is -0.389 e. The van der Waals surface area contributed by atoms with Crippen molar-refractivity contribution in [3.8, 4) is 0 Å². The highest BCUT2D eigenvalue weighted by atomic mass is 19.2. The highest BCUT2D eigenvalue weighted by Gasteiger charge is 2.17. The highest BCUT2D eigenvalue weighted by molar-refractivity contribution is 5.20. The molecule has 5 heteroatoms. The molecule has 0 bridgehead atoms. The van der Waals surface area contributed by atoms with Crippen LogP contribution in [0.1, 0.15) is 19.4 Å². The van der Waals surface area contributed by atoms with Crippen molar-refractivity contribution in [2.24, 2.45) is 0 Å². The first-order valence-corrected chi connectivity index (χ1v) is 5.23. The van der Waals surface area contributed by atoms with E-state index in [9.17, 15) is 18.3 Å². The Bertz CT molecular complexity index is 401. The highest BCUT2D eigenvalue weighted by Crippen LogP contribution is 2.16. The number of rotatable bonds is 4. The van der Waals surface area contributed by atoms with Crippen molar-refractivity contribution in [3.63, 3.8) is 0 Å². The zero-order valence-electron chi connectivity index (χ0n) is 10.1. The van der Waals surface area contributed by atoms with E-state index in [-0.39, 0.29) is 12.1 Å². The van der Waals surface area contributed by atoms with Crippen molar-refractivity contribution in [1.82, 2.24) is 4.90 Å².